The Labute approximate surface area is 99.8 Å². The van der Waals surface area contributed by atoms with Crippen molar-refractivity contribution in [1.82, 2.24) is 4.72 Å². The molecule has 1 heterocycles. The SMILES string of the molecule is NS(=O)NCC(O)c1cc2ccccc2s1. The highest BCUT2D eigenvalue weighted by molar-refractivity contribution is 7.80. The molecule has 4 N–H and O–H groups in total. The number of thiophene rings is 1. The molecular formula is C10H12N2O2S2. The fraction of sp³-hybridized carbons (Fsp3) is 0.200. The largest absolute Gasteiger partial charge is 0.386 e. The molecule has 2 unspecified atom stereocenters. The molecule has 0 aliphatic carbocycles. The first-order valence-corrected chi connectivity index (χ1v) is 6.76. The van der Waals surface area contributed by atoms with Crippen LogP contribution in [0.25, 0.3) is 10.1 Å². The minimum Gasteiger partial charge on any atom is -0.386 e. The molecule has 0 saturated carbocycles. The summed E-state index contributed by atoms with van der Waals surface area (Å²) in [6, 6.07) is 9.85. The van der Waals surface area contributed by atoms with E-state index in [1.54, 1.807) is 0 Å². The molecule has 1 aromatic heterocycles. The zero-order chi connectivity index (χ0) is 11.5. The molecule has 0 radical (unpaired) electrons. The summed E-state index contributed by atoms with van der Waals surface area (Å²) >= 11 is -0.0558. The van der Waals surface area contributed by atoms with Gasteiger partial charge in [0.15, 0.2) is 11.2 Å². The Morgan fingerprint density at radius 2 is 2.25 bits per heavy atom. The summed E-state index contributed by atoms with van der Waals surface area (Å²) in [5.74, 6) is 0. The molecule has 2 rings (SSSR count). The minimum absolute atomic E-state index is 0.190. The van der Waals surface area contributed by atoms with Gasteiger partial charge in [-0.05, 0) is 17.5 Å². The number of nitrogens with one attached hydrogen (secondary N) is 1. The van der Waals surface area contributed by atoms with Crippen molar-refractivity contribution in [3.8, 4) is 0 Å². The van der Waals surface area contributed by atoms with Crippen molar-refractivity contribution in [3.63, 3.8) is 0 Å². The number of aliphatic hydroxyl groups is 1. The summed E-state index contributed by atoms with van der Waals surface area (Å²) in [6.07, 6.45) is -0.676. The predicted molar refractivity (Wildman–Crippen MR) is 67.1 cm³/mol. The van der Waals surface area contributed by atoms with Crippen molar-refractivity contribution in [2.75, 3.05) is 6.54 Å². The van der Waals surface area contributed by atoms with Crippen LogP contribution in [0.2, 0.25) is 0 Å². The summed E-state index contributed by atoms with van der Waals surface area (Å²) in [5, 5.41) is 16.0. The van der Waals surface area contributed by atoms with E-state index in [-0.39, 0.29) is 6.54 Å². The molecular weight excluding hydrogens is 244 g/mol. The van der Waals surface area contributed by atoms with Gasteiger partial charge in [-0.2, -0.15) is 0 Å². The van der Waals surface area contributed by atoms with Crippen LogP contribution in [-0.2, 0) is 11.2 Å². The lowest BCUT2D eigenvalue weighted by atomic mass is 10.2. The molecule has 0 spiro atoms. The third-order valence-corrected chi connectivity index (χ3v) is 3.86. The molecule has 16 heavy (non-hydrogen) atoms. The van der Waals surface area contributed by atoms with Crippen LogP contribution in [0, 0.1) is 0 Å². The summed E-state index contributed by atoms with van der Waals surface area (Å²) in [5.41, 5.74) is 0. The number of nitrogens with two attached hydrogens (primary N) is 1. The molecule has 0 aliphatic rings. The minimum atomic E-state index is -1.58. The van der Waals surface area contributed by atoms with E-state index in [1.807, 2.05) is 30.3 Å². The summed E-state index contributed by atoms with van der Waals surface area (Å²) in [6.45, 7) is 0.190. The first-order valence-electron chi connectivity index (χ1n) is 4.73. The summed E-state index contributed by atoms with van der Waals surface area (Å²) < 4.78 is 14.2. The van der Waals surface area contributed by atoms with Crippen LogP contribution in [0.3, 0.4) is 0 Å². The molecule has 4 nitrogen and oxygen atoms in total. The second-order valence-electron chi connectivity index (χ2n) is 3.35. The van der Waals surface area contributed by atoms with Gasteiger partial charge < -0.3 is 5.11 Å². The van der Waals surface area contributed by atoms with Gasteiger partial charge in [-0.1, -0.05) is 18.2 Å². The van der Waals surface area contributed by atoms with Crippen molar-refractivity contribution >= 4 is 32.6 Å². The van der Waals surface area contributed by atoms with Crippen LogP contribution in [-0.4, -0.2) is 15.9 Å². The zero-order valence-electron chi connectivity index (χ0n) is 8.42. The number of hydrogen-bond donors (Lipinski definition) is 3. The van der Waals surface area contributed by atoms with Gasteiger partial charge in [0.25, 0.3) is 0 Å². The fourth-order valence-electron chi connectivity index (χ4n) is 1.43. The predicted octanol–water partition coefficient (Wildman–Crippen LogP) is 1.06. The van der Waals surface area contributed by atoms with Gasteiger partial charge in [-0.3, -0.25) is 0 Å². The van der Waals surface area contributed by atoms with Gasteiger partial charge >= 0.3 is 0 Å². The van der Waals surface area contributed by atoms with Crippen LogP contribution in [0.5, 0.6) is 0 Å². The molecule has 6 heteroatoms. The Bertz CT molecular complexity index is 479. The van der Waals surface area contributed by atoms with Gasteiger partial charge in [0.2, 0.25) is 0 Å². The highest BCUT2D eigenvalue weighted by Crippen LogP contribution is 2.29. The second-order valence-corrected chi connectivity index (χ2v) is 5.35. The number of aliphatic hydroxyl groups excluding tert-OH is 1. The lowest BCUT2D eigenvalue weighted by Gasteiger charge is -2.06. The van der Waals surface area contributed by atoms with Crippen molar-refractivity contribution in [1.29, 1.82) is 0 Å². The van der Waals surface area contributed by atoms with Gasteiger partial charge in [0.05, 0.1) is 0 Å². The van der Waals surface area contributed by atoms with Crippen LogP contribution >= 0.6 is 11.3 Å². The normalized spacial score (nSPS) is 15.1. The van der Waals surface area contributed by atoms with E-state index in [4.69, 9.17) is 5.14 Å². The Morgan fingerprint density at radius 3 is 2.94 bits per heavy atom. The molecule has 0 saturated heterocycles. The lowest BCUT2D eigenvalue weighted by Crippen LogP contribution is -2.28. The third-order valence-electron chi connectivity index (χ3n) is 2.19. The molecule has 2 aromatic rings. The van der Waals surface area contributed by atoms with E-state index in [2.05, 4.69) is 4.72 Å². The van der Waals surface area contributed by atoms with Gasteiger partial charge in [-0.15, -0.1) is 11.3 Å². The molecule has 0 fully saturated rings. The number of hydrogen-bond acceptors (Lipinski definition) is 3. The van der Waals surface area contributed by atoms with Crippen LogP contribution in [0.1, 0.15) is 11.0 Å². The lowest BCUT2D eigenvalue weighted by molar-refractivity contribution is 0.186. The number of rotatable bonds is 4. The van der Waals surface area contributed by atoms with Crippen molar-refractivity contribution < 1.29 is 9.32 Å². The quantitative estimate of drug-likeness (QED) is 0.765. The fourth-order valence-corrected chi connectivity index (χ4v) is 2.80. The smallest absolute Gasteiger partial charge is 0.164 e. The number of benzene rings is 1. The highest BCUT2D eigenvalue weighted by Gasteiger charge is 2.11. The van der Waals surface area contributed by atoms with Gasteiger partial charge in [0.1, 0.15) is 6.10 Å². The first-order chi connectivity index (χ1) is 7.66. The Morgan fingerprint density at radius 1 is 1.50 bits per heavy atom. The van der Waals surface area contributed by atoms with Gasteiger partial charge in [-0.25, -0.2) is 14.1 Å². The van der Waals surface area contributed by atoms with E-state index in [0.717, 1.165) is 15.0 Å². The van der Waals surface area contributed by atoms with Gasteiger partial charge in [0, 0.05) is 16.1 Å². The maximum absolute atomic E-state index is 10.6. The third kappa shape index (κ3) is 2.66. The number of fused-ring (bicyclic) bond motifs is 1. The Hall–Kier alpha value is -0.790. The standard InChI is InChI=1S/C10H12N2O2S2/c11-16(14)12-6-8(13)10-5-7-3-1-2-4-9(7)15-10/h1-5,8,12-13H,6,11H2. The maximum Gasteiger partial charge on any atom is 0.164 e. The molecule has 86 valence electrons. The van der Waals surface area contributed by atoms with Crippen molar-refractivity contribution in [2.24, 2.45) is 5.14 Å². The van der Waals surface area contributed by atoms with Crippen LogP contribution in [0.4, 0.5) is 0 Å². The van der Waals surface area contributed by atoms with Crippen LogP contribution < -0.4 is 9.86 Å². The topological polar surface area (TPSA) is 75.4 Å². The molecule has 0 aliphatic heterocycles. The van der Waals surface area contributed by atoms with Crippen molar-refractivity contribution in [3.05, 3.63) is 35.2 Å². The second kappa shape index (κ2) is 5.03. The van der Waals surface area contributed by atoms with E-state index in [0.29, 0.717) is 0 Å². The van der Waals surface area contributed by atoms with E-state index >= 15 is 0 Å². The first kappa shape index (κ1) is 11.7. The van der Waals surface area contributed by atoms with Crippen molar-refractivity contribution in [2.45, 2.75) is 6.10 Å². The molecule has 0 bridgehead atoms. The zero-order valence-corrected chi connectivity index (χ0v) is 10.1. The average molecular weight is 256 g/mol. The average Bonchev–Trinajstić information content (AvgIpc) is 2.69. The Kier molecular flexibility index (Phi) is 3.67. The summed E-state index contributed by atoms with van der Waals surface area (Å²) in [7, 11) is 0. The van der Waals surface area contributed by atoms with E-state index < -0.39 is 17.3 Å². The molecule has 0 amide bonds. The molecule has 2 atom stereocenters. The Balaban J connectivity index is 2.16. The van der Waals surface area contributed by atoms with Crippen LogP contribution in [0.15, 0.2) is 30.3 Å². The molecule has 1 aromatic carbocycles. The monoisotopic (exact) mass is 256 g/mol. The summed E-state index contributed by atoms with van der Waals surface area (Å²) in [4.78, 5) is 0.846. The highest BCUT2D eigenvalue weighted by atomic mass is 32.2. The maximum atomic E-state index is 10.6. The van der Waals surface area contributed by atoms with E-state index in [9.17, 15) is 9.32 Å². The van der Waals surface area contributed by atoms with E-state index in [1.165, 1.54) is 11.3 Å².